The van der Waals surface area contributed by atoms with E-state index < -0.39 is 35.1 Å². The second-order valence-corrected chi connectivity index (χ2v) is 6.97. The smallest absolute Gasteiger partial charge is 0.369 e. The molecule has 0 bridgehead atoms. The number of rotatable bonds is 7. The standard InChI is InChI=1S/C22H16F6N6O/c1-30-20-13(5-6-16(34-20)19-14(22(26,27)28)3-2-10-31-19)15(7-8-17(29)35)33-18-9-4-12(11-32-18)21(23,24)25/h2-7,9-11H,1,8H2,(H2,29,35)(H,32,33)/b15-7+. The number of hydrogen-bond donors (Lipinski definition) is 2. The van der Waals surface area contributed by atoms with Crippen LogP contribution in [0.15, 0.2) is 59.9 Å². The molecule has 182 valence electrons. The summed E-state index contributed by atoms with van der Waals surface area (Å²) in [4.78, 5) is 26.7. The fourth-order valence-electron chi connectivity index (χ4n) is 2.95. The van der Waals surface area contributed by atoms with Crippen molar-refractivity contribution in [3.05, 3.63) is 71.6 Å². The molecule has 0 aromatic carbocycles. The lowest BCUT2D eigenvalue weighted by atomic mass is 10.1. The normalized spacial score (nSPS) is 12.3. The van der Waals surface area contributed by atoms with Crippen molar-refractivity contribution in [2.75, 3.05) is 5.32 Å². The molecule has 3 rings (SSSR count). The molecule has 7 nitrogen and oxygen atoms in total. The number of primary amides is 1. The number of nitrogens with zero attached hydrogens (tertiary/aromatic N) is 4. The third kappa shape index (κ3) is 6.19. The van der Waals surface area contributed by atoms with Gasteiger partial charge < -0.3 is 11.1 Å². The van der Waals surface area contributed by atoms with Gasteiger partial charge in [-0.05, 0) is 43.1 Å². The number of pyridine rings is 3. The molecule has 3 heterocycles. The maximum atomic E-state index is 13.4. The average molecular weight is 494 g/mol. The van der Waals surface area contributed by atoms with E-state index in [1.54, 1.807) is 0 Å². The van der Waals surface area contributed by atoms with Crippen LogP contribution in [-0.2, 0) is 17.1 Å². The zero-order valence-electron chi connectivity index (χ0n) is 17.7. The third-order valence-electron chi connectivity index (χ3n) is 4.53. The minimum absolute atomic E-state index is 0.0168. The molecule has 0 saturated carbocycles. The maximum absolute atomic E-state index is 13.4. The largest absolute Gasteiger partial charge is 0.418 e. The summed E-state index contributed by atoms with van der Waals surface area (Å²) in [5, 5.41) is 2.75. The van der Waals surface area contributed by atoms with Gasteiger partial charge in [-0.1, -0.05) is 6.08 Å². The number of nitrogens with two attached hydrogens (primary N) is 1. The molecular formula is C22H16F6N6O. The molecule has 0 saturated heterocycles. The molecule has 0 unspecified atom stereocenters. The summed E-state index contributed by atoms with van der Waals surface area (Å²) in [5.74, 6) is -0.862. The van der Waals surface area contributed by atoms with Gasteiger partial charge in [0.05, 0.1) is 16.8 Å². The summed E-state index contributed by atoms with van der Waals surface area (Å²) in [6.45, 7) is 3.38. The lowest BCUT2D eigenvalue weighted by Crippen LogP contribution is -2.11. The molecule has 13 heteroatoms. The van der Waals surface area contributed by atoms with Crippen LogP contribution in [-0.4, -0.2) is 27.6 Å². The summed E-state index contributed by atoms with van der Waals surface area (Å²) < 4.78 is 78.6. The van der Waals surface area contributed by atoms with Gasteiger partial charge in [0.15, 0.2) is 5.82 Å². The van der Waals surface area contributed by atoms with Crippen LogP contribution in [0.4, 0.5) is 38.0 Å². The van der Waals surface area contributed by atoms with E-state index in [9.17, 15) is 31.1 Å². The van der Waals surface area contributed by atoms with Crippen LogP contribution in [0.2, 0.25) is 0 Å². The van der Waals surface area contributed by atoms with Gasteiger partial charge in [0, 0.05) is 30.1 Å². The predicted octanol–water partition coefficient (Wildman–Crippen LogP) is 5.24. The van der Waals surface area contributed by atoms with Gasteiger partial charge in [0.2, 0.25) is 5.91 Å². The number of carbonyl (C=O) groups excluding carboxylic acids is 1. The minimum atomic E-state index is -4.69. The molecule has 0 radical (unpaired) electrons. The quantitative estimate of drug-likeness (QED) is 0.345. The van der Waals surface area contributed by atoms with Crippen molar-refractivity contribution in [2.45, 2.75) is 18.8 Å². The summed E-state index contributed by atoms with van der Waals surface area (Å²) in [6.07, 6.45) is -6.45. The first kappa shape index (κ1) is 25.3. The number of nitrogens with one attached hydrogen (secondary N) is 1. The Kier molecular flexibility index (Phi) is 7.17. The number of halogens is 6. The van der Waals surface area contributed by atoms with Gasteiger partial charge >= 0.3 is 12.4 Å². The number of aliphatic imine (C=N–C) groups is 1. The van der Waals surface area contributed by atoms with E-state index in [-0.39, 0.29) is 35.0 Å². The van der Waals surface area contributed by atoms with Crippen LogP contribution in [0.5, 0.6) is 0 Å². The molecule has 0 aliphatic carbocycles. The molecule has 0 aliphatic heterocycles. The van der Waals surface area contributed by atoms with E-state index in [1.165, 1.54) is 24.4 Å². The highest BCUT2D eigenvalue weighted by molar-refractivity contribution is 5.85. The Balaban J connectivity index is 2.04. The Morgan fingerprint density at radius 1 is 1.06 bits per heavy atom. The third-order valence-corrected chi connectivity index (χ3v) is 4.53. The average Bonchev–Trinajstić information content (AvgIpc) is 2.80. The first-order valence-corrected chi connectivity index (χ1v) is 9.69. The molecular weight excluding hydrogens is 478 g/mol. The number of aromatic nitrogens is 3. The topological polar surface area (TPSA) is 106 Å². The van der Waals surface area contributed by atoms with E-state index in [0.29, 0.717) is 6.20 Å². The van der Waals surface area contributed by atoms with E-state index >= 15 is 0 Å². The molecule has 1 amide bonds. The second kappa shape index (κ2) is 9.91. The Morgan fingerprint density at radius 2 is 1.80 bits per heavy atom. The Morgan fingerprint density at radius 3 is 2.37 bits per heavy atom. The molecule has 0 spiro atoms. The van der Waals surface area contributed by atoms with Gasteiger partial charge in [0.25, 0.3) is 0 Å². The first-order valence-electron chi connectivity index (χ1n) is 9.69. The fourth-order valence-corrected chi connectivity index (χ4v) is 2.95. The Hall–Kier alpha value is -4.29. The lowest BCUT2D eigenvalue weighted by Gasteiger charge is -2.15. The van der Waals surface area contributed by atoms with E-state index in [0.717, 1.165) is 24.3 Å². The number of alkyl halides is 6. The summed E-state index contributed by atoms with van der Waals surface area (Å²) in [6, 6.07) is 6.46. The highest BCUT2D eigenvalue weighted by atomic mass is 19.4. The van der Waals surface area contributed by atoms with Crippen LogP contribution < -0.4 is 11.1 Å². The van der Waals surface area contributed by atoms with Gasteiger partial charge in [-0.15, -0.1) is 0 Å². The molecule has 3 N–H and O–H groups in total. The van der Waals surface area contributed by atoms with Crippen LogP contribution in [0.3, 0.4) is 0 Å². The highest BCUT2D eigenvalue weighted by Crippen LogP contribution is 2.37. The van der Waals surface area contributed by atoms with Crippen molar-refractivity contribution < 1.29 is 31.1 Å². The fraction of sp³-hybridized carbons (Fsp3) is 0.136. The van der Waals surface area contributed by atoms with E-state index in [1.807, 2.05) is 0 Å². The Labute approximate surface area is 194 Å². The maximum Gasteiger partial charge on any atom is 0.418 e. The molecule has 0 atom stereocenters. The number of amides is 1. The van der Waals surface area contributed by atoms with Crippen molar-refractivity contribution in [2.24, 2.45) is 10.7 Å². The zero-order chi connectivity index (χ0) is 25.8. The van der Waals surface area contributed by atoms with Crippen LogP contribution in [0.1, 0.15) is 23.1 Å². The SMILES string of the molecule is C=Nc1nc(-c2ncccc2C(F)(F)F)ccc1/C(=C\CC(N)=O)Nc1ccc(C(F)(F)F)cn1. The van der Waals surface area contributed by atoms with Crippen molar-refractivity contribution in [1.29, 1.82) is 0 Å². The van der Waals surface area contributed by atoms with Crippen molar-refractivity contribution >= 4 is 30.0 Å². The number of anilines is 1. The van der Waals surface area contributed by atoms with Gasteiger partial charge in [-0.2, -0.15) is 26.3 Å². The second-order valence-electron chi connectivity index (χ2n) is 6.97. The van der Waals surface area contributed by atoms with E-state index in [4.69, 9.17) is 5.73 Å². The highest BCUT2D eigenvalue weighted by Gasteiger charge is 2.35. The van der Waals surface area contributed by atoms with Crippen LogP contribution >= 0.6 is 0 Å². The van der Waals surface area contributed by atoms with Crippen molar-refractivity contribution in [1.82, 2.24) is 15.0 Å². The lowest BCUT2D eigenvalue weighted by molar-refractivity contribution is -0.138. The summed E-state index contributed by atoms with van der Waals surface area (Å²) in [5.41, 5.74) is 2.93. The van der Waals surface area contributed by atoms with Gasteiger partial charge in [-0.3, -0.25) is 9.78 Å². The molecule has 0 fully saturated rings. The molecule has 3 aromatic rings. The monoisotopic (exact) mass is 494 g/mol. The number of hydrogen-bond acceptors (Lipinski definition) is 6. The molecule has 3 aromatic heterocycles. The van der Waals surface area contributed by atoms with Crippen LogP contribution in [0.25, 0.3) is 17.1 Å². The van der Waals surface area contributed by atoms with Crippen molar-refractivity contribution in [3.8, 4) is 11.4 Å². The van der Waals surface area contributed by atoms with Crippen LogP contribution in [0, 0.1) is 0 Å². The number of carbonyl (C=O) groups is 1. The zero-order valence-corrected chi connectivity index (χ0v) is 17.7. The van der Waals surface area contributed by atoms with E-state index in [2.05, 4.69) is 32.0 Å². The van der Waals surface area contributed by atoms with Gasteiger partial charge in [0.1, 0.15) is 11.5 Å². The first-order chi connectivity index (χ1) is 16.4. The Bertz CT molecular complexity index is 1270. The molecule has 35 heavy (non-hydrogen) atoms. The summed E-state index contributed by atoms with van der Waals surface area (Å²) >= 11 is 0. The van der Waals surface area contributed by atoms with Gasteiger partial charge in [-0.25, -0.2) is 15.0 Å². The minimum Gasteiger partial charge on any atom is -0.369 e. The van der Waals surface area contributed by atoms with Crippen molar-refractivity contribution in [3.63, 3.8) is 0 Å². The summed E-state index contributed by atoms with van der Waals surface area (Å²) in [7, 11) is 0. The molecule has 0 aliphatic rings. The predicted molar refractivity (Wildman–Crippen MR) is 116 cm³/mol.